The summed E-state index contributed by atoms with van der Waals surface area (Å²) in [5, 5.41) is 2.84. The first kappa shape index (κ1) is 16.8. The summed E-state index contributed by atoms with van der Waals surface area (Å²) < 4.78 is 6.62. The summed E-state index contributed by atoms with van der Waals surface area (Å²) in [5.74, 6) is 1.42. The molecule has 1 aliphatic heterocycles. The van der Waals surface area contributed by atoms with E-state index < -0.39 is 6.10 Å². The molecule has 3 rings (SSSR count). The quantitative estimate of drug-likeness (QED) is 0.843. The number of rotatable bonds is 5. The van der Waals surface area contributed by atoms with Gasteiger partial charge < -0.3 is 15.0 Å². The molecule has 0 saturated carbocycles. The summed E-state index contributed by atoms with van der Waals surface area (Å²) in [4.78, 5) is 18.9. The van der Waals surface area contributed by atoms with Gasteiger partial charge in [0.05, 0.1) is 11.9 Å². The topological polar surface area (TPSA) is 54.5 Å². The molecule has 0 spiro atoms. The first-order valence-corrected chi connectivity index (χ1v) is 8.85. The fourth-order valence-electron chi connectivity index (χ4n) is 2.61. The lowest BCUT2D eigenvalue weighted by molar-refractivity contribution is -0.122. The van der Waals surface area contributed by atoms with Crippen molar-refractivity contribution < 1.29 is 9.53 Å². The summed E-state index contributed by atoms with van der Waals surface area (Å²) in [7, 11) is 0. The smallest absolute Gasteiger partial charge is 0.265 e. The zero-order valence-electron chi connectivity index (χ0n) is 13.5. The van der Waals surface area contributed by atoms with E-state index in [0.717, 1.165) is 23.4 Å². The number of hydrogen-bond donors (Lipinski definition) is 1. The molecule has 6 heteroatoms. The third-order valence-corrected chi connectivity index (χ3v) is 4.47. The predicted molar refractivity (Wildman–Crippen MR) is 98.5 cm³/mol. The molecule has 1 atom stereocenters. The van der Waals surface area contributed by atoms with Crippen molar-refractivity contribution in [3.8, 4) is 5.75 Å². The Bertz CT molecular complexity index is 682. The molecule has 24 heavy (non-hydrogen) atoms. The van der Waals surface area contributed by atoms with Gasteiger partial charge in [0.2, 0.25) is 0 Å². The number of carbonyl (C=O) groups is 1. The van der Waals surface area contributed by atoms with E-state index in [4.69, 9.17) is 4.74 Å². The highest BCUT2D eigenvalue weighted by Crippen LogP contribution is 2.20. The van der Waals surface area contributed by atoms with Crippen molar-refractivity contribution in [3.05, 3.63) is 47.1 Å². The lowest BCUT2D eigenvalue weighted by Gasteiger charge is -2.17. The van der Waals surface area contributed by atoms with E-state index in [9.17, 15) is 4.79 Å². The van der Waals surface area contributed by atoms with Gasteiger partial charge in [-0.1, -0.05) is 15.9 Å². The maximum absolute atomic E-state index is 12.2. The van der Waals surface area contributed by atoms with Crippen LogP contribution in [0.3, 0.4) is 0 Å². The van der Waals surface area contributed by atoms with Crippen molar-refractivity contribution in [3.63, 3.8) is 0 Å². The van der Waals surface area contributed by atoms with Crippen LogP contribution in [0.5, 0.6) is 5.75 Å². The van der Waals surface area contributed by atoms with Crippen LogP contribution in [0.1, 0.15) is 19.8 Å². The van der Waals surface area contributed by atoms with E-state index in [-0.39, 0.29) is 5.91 Å². The van der Waals surface area contributed by atoms with Crippen molar-refractivity contribution in [2.75, 3.05) is 23.3 Å². The molecule has 1 fully saturated rings. The highest BCUT2D eigenvalue weighted by Gasteiger charge is 2.16. The van der Waals surface area contributed by atoms with Gasteiger partial charge in [-0.25, -0.2) is 4.98 Å². The third-order valence-electron chi connectivity index (χ3n) is 3.94. The van der Waals surface area contributed by atoms with Crippen LogP contribution in [0.4, 0.5) is 11.5 Å². The molecule has 2 aromatic rings. The molecule has 1 aliphatic rings. The predicted octanol–water partition coefficient (Wildman–Crippen LogP) is 3.85. The first-order chi connectivity index (χ1) is 11.6. The van der Waals surface area contributed by atoms with Gasteiger partial charge in [-0.15, -0.1) is 0 Å². The number of aromatic nitrogens is 1. The van der Waals surface area contributed by atoms with Crippen molar-refractivity contribution >= 4 is 33.3 Å². The summed E-state index contributed by atoms with van der Waals surface area (Å²) in [6, 6.07) is 11.2. The zero-order valence-corrected chi connectivity index (χ0v) is 15.1. The summed E-state index contributed by atoms with van der Waals surface area (Å²) in [5.41, 5.74) is 0.675. The second-order valence-corrected chi connectivity index (χ2v) is 6.72. The number of benzene rings is 1. The van der Waals surface area contributed by atoms with Crippen molar-refractivity contribution in [1.82, 2.24) is 4.98 Å². The number of pyridine rings is 1. The monoisotopic (exact) mass is 389 g/mol. The number of amides is 1. The van der Waals surface area contributed by atoms with Crippen molar-refractivity contribution in [2.45, 2.75) is 25.9 Å². The van der Waals surface area contributed by atoms with Crippen LogP contribution in [0.15, 0.2) is 47.1 Å². The Morgan fingerprint density at radius 1 is 1.21 bits per heavy atom. The Kier molecular flexibility index (Phi) is 5.35. The number of halogens is 1. The van der Waals surface area contributed by atoms with Crippen LogP contribution >= 0.6 is 15.9 Å². The van der Waals surface area contributed by atoms with Crippen LogP contribution in [0, 0.1) is 0 Å². The fourth-order valence-corrected chi connectivity index (χ4v) is 2.87. The molecule has 5 nitrogen and oxygen atoms in total. The summed E-state index contributed by atoms with van der Waals surface area (Å²) in [6.45, 7) is 3.83. The number of carbonyl (C=O) groups excluding carboxylic acids is 1. The Morgan fingerprint density at radius 3 is 2.54 bits per heavy atom. The van der Waals surface area contributed by atoms with Gasteiger partial charge in [0.25, 0.3) is 5.91 Å². The van der Waals surface area contributed by atoms with E-state index in [1.54, 1.807) is 13.1 Å². The van der Waals surface area contributed by atoms with Gasteiger partial charge in [-0.3, -0.25) is 4.79 Å². The summed E-state index contributed by atoms with van der Waals surface area (Å²) >= 11 is 3.37. The zero-order chi connectivity index (χ0) is 16.9. The number of anilines is 2. The van der Waals surface area contributed by atoms with Crippen LogP contribution in [0.25, 0.3) is 0 Å². The maximum atomic E-state index is 12.2. The Balaban J connectivity index is 1.56. The highest BCUT2D eigenvalue weighted by molar-refractivity contribution is 9.10. The Morgan fingerprint density at radius 2 is 1.92 bits per heavy atom. The van der Waals surface area contributed by atoms with Crippen molar-refractivity contribution in [1.29, 1.82) is 0 Å². The lowest BCUT2D eigenvalue weighted by Crippen LogP contribution is -2.30. The molecule has 2 heterocycles. The minimum atomic E-state index is -0.593. The number of nitrogens with zero attached hydrogens (tertiary/aromatic N) is 2. The molecule has 126 valence electrons. The van der Waals surface area contributed by atoms with Crippen LogP contribution in [-0.4, -0.2) is 30.1 Å². The van der Waals surface area contributed by atoms with Crippen LogP contribution in [0.2, 0.25) is 0 Å². The van der Waals surface area contributed by atoms with Gasteiger partial charge in [0, 0.05) is 17.6 Å². The van der Waals surface area contributed by atoms with Crippen molar-refractivity contribution in [2.24, 2.45) is 0 Å². The maximum Gasteiger partial charge on any atom is 0.265 e. The van der Waals surface area contributed by atoms with Crippen LogP contribution < -0.4 is 15.0 Å². The van der Waals surface area contributed by atoms with Gasteiger partial charge in [-0.05, 0) is 56.2 Å². The molecule has 0 radical (unpaired) electrons. The average Bonchev–Trinajstić information content (AvgIpc) is 3.12. The largest absolute Gasteiger partial charge is 0.481 e. The summed E-state index contributed by atoms with van der Waals surface area (Å²) in [6.07, 6.45) is 3.53. The minimum absolute atomic E-state index is 0.200. The Hall–Kier alpha value is -2.08. The standard InChI is InChI=1S/C18H20BrN3O2/c1-13(24-16-7-4-14(19)5-8-16)18(23)21-15-6-9-17(20-12-15)22-10-2-3-11-22/h4-9,12-13H,2-3,10-11H2,1H3,(H,21,23). The van der Waals surface area contributed by atoms with Gasteiger partial charge >= 0.3 is 0 Å². The normalized spacial score (nSPS) is 15.2. The molecule has 1 unspecified atom stereocenters. The number of hydrogen-bond acceptors (Lipinski definition) is 4. The third kappa shape index (κ3) is 4.26. The Labute approximate surface area is 150 Å². The van der Waals surface area contributed by atoms with Gasteiger partial charge in [0.15, 0.2) is 6.10 Å². The molecule has 1 aromatic carbocycles. The average molecular weight is 390 g/mol. The molecule has 1 amide bonds. The van der Waals surface area contributed by atoms with E-state index in [0.29, 0.717) is 11.4 Å². The first-order valence-electron chi connectivity index (χ1n) is 8.06. The van der Waals surface area contributed by atoms with E-state index >= 15 is 0 Å². The second kappa shape index (κ2) is 7.66. The van der Waals surface area contributed by atoms with Gasteiger partial charge in [-0.2, -0.15) is 0 Å². The molecule has 0 aliphatic carbocycles. The molecule has 1 saturated heterocycles. The highest BCUT2D eigenvalue weighted by atomic mass is 79.9. The number of ether oxygens (including phenoxy) is 1. The molecular formula is C18H20BrN3O2. The van der Waals surface area contributed by atoms with Gasteiger partial charge in [0.1, 0.15) is 11.6 Å². The fraction of sp³-hybridized carbons (Fsp3) is 0.333. The molecule has 1 aromatic heterocycles. The van der Waals surface area contributed by atoms with Crippen LogP contribution in [-0.2, 0) is 4.79 Å². The molecule has 1 N–H and O–H groups in total. The van der Waals surface area contributed by atoms with E-state index in [1.807, 2.05) is 36.4 Å². The second-order valence-electron chi connectivity index (χ2n) is 5.80. The van der Waals surface area contributed by atoms with E-state index in [1.165, 1.54) is 12.8 Å². The molecule has 0 bridgehead atoms. The lowest BCUT2D eigenvalue weighted by atomic mass is 10.3. The minimum Gasteiger partial charge on any atom is -0.481 e. The van der Waals surface area contributed by atoms with E-state index in [2.05, 4.69) is 31.1 Å². The number of nitrogens with one attached hydrogen (secondary N) is 1. The SMILES string of the molecule is CC(Oc1ccc(Br)cc1)C(=O)Nc1ccc(N2CCCC2)nc1. The molecular weight excluding hydrogens is 370 g/mol.